The molecule has 1 aromatic rings. The van der Waals surface area contributed by atoms with Crippen molar-refractivity contribution in [3.05, 3.63) is 22.4 Å². The molecule has 1 amide bonds. The third kappa shape index (κ3) is 2.47. The van der Waals surface area contributed by atoms with E-state index in [2.05, 4.69) is 20.9 Å². The van der Waals surface area contributed by atoms with Crippen LogP contribution in [0.4, 0.5) is 0 Å². The highest BCUT2D eigenvalue weighted by Crippen LogP contribution is 2.19. The average Bonchev–Trinajstić information content (AvgIpc) is 2.75. The van der Waals surface area contributed by atoms with Crippen LogP contribution in [0.5, 0.6) is 0 Å². The van der Waals surface area contributed by atoms with Crippen molar-refractivity contribution >= 4 is 21.8 Å². The molecule has 0 aliphatic carbocycles. The van der Waals surface area contributed by atoms with Gasteiger partial charge in [0.2, 0.25) is 0 Å². The van der Waals surface area contributed by atoms with Gasteiger partial charge in [-0.3, -0.25) is 4.79 Å². The normalized spacial score (nSPS) is 17.8. The number of amides is 1. The second-order valence-electron chi connectivity index (χ2n) is 4.15. The van der Waals surface area contributed by atoms with Crippen molar-refractivity contribution in [3.8, 4) is 0 Å². The number of aromatic nitrogens is 1. The Morgan fingerprint density at radius 3 is 2.75 bits per heavy atom. The maximum atomic E-state index is 12.0. The molecule has 5 heteroatoms. The molecule has 1 saturated heterocycles. The van der Waals surface area contributed by atoms with E-state index in [0.717, 1.165) is 30.4 Å². The van der Waals surface area contributed by atoms with Crippen molar-refractivity contribution in [2.45, 2.75) is 12.8 Å². The highest BCUT2D eigenvalue weighted by atomic mass is 79.9. The summed E-state index contributed by atoms with van der Waals surface area (Å²) in [6, 6.07) is 1.79. The standard InChI is InChI=1S/C11H15BrN2O2/c12-9-5-10(13-6-9)11(16)14-3-1-8(7-15)2-4-14/h5-6,8,13,15H,1-4,7H2. The van der Waals surface area contributed by atoms with Crippen molar-refractivity contribution in [2.24, 2.45) is 5.92 Å². The van der Waals surface area contributed by atoms with Crippen LogP contribution in [0.2, 0.25) is 0 Å². The van der Waals surface area contributed by atoms with Crippen LogP contribution < -0.4 is 0 Å². The molecule has 0 aromatic carbocycles. The van der Waals surface area contributed by atoms with Gasteiger partial charge >= 0.3 is 0 Å². The Morgan fingerprint density at radius 2 is 2.25 bits per heavy atom. The zero-order chi connectivity index (χ0) is 11.5. The summed E-state index contributed by atoms with van der Waals surface area (Å²) in [6.07, 6.45) is 3.54. The summed E-state index contributed by atoms with van der Waals surface area (Å²) < 4.78 is 0.890. The van der Waals surface area contributed by atoms with E-state index in [1.807, 2.05) is 4.90 Å². The van der Waals surface area contributed by atoms with Gasteiger partial charge < -0.3 is 15.0 Å². The van der Waals surface area contributed by atoms with E-state index in [9.17, 15) is 4.79 Å². The molecule has 0 bridgehead atoms. The van der Waals surface area contributed by atoms with E-state index >= 15 is 0 Å². The van der Waals surface area contributed by atoms with Crippen LogP contribution >= 0.6 is 15.9 Å². The molecule has 1 fully saturated rings. The van der Waals surface area contributed by atoms with Gasteiger partial charge in [0.05, 0.1) is 0 Å². The molecule has 0 spiro atoms. The van der Waals surface area contributed by atoms with Crippen LogP contribution in [-0.4, -0.2) is 40.6 Å². The van der Waals surface area contributed by atoms with Crippen molar-refractivity contribution < 1.29 is 9.90 Å². The molecule has 1 aliphatic heterocycles. The lowest BCUT2D eigenvalue weighted by Gasteiger charge is -2.30. The fourth-order valence-corrected chi connectivity index (χ4v) is 2.32. The number of likely N-dealkylation sites (tertiary alicyclic amines) is 1. The Labute approximate surface area is 103 Å². The molecule has 2 N–H and O–H groups in total. The number of aliphatic hydroxyl groups is 1. The van der Waals surface area contributed by atoms with Crippen molar-refractivity contribution in [2.75, 3.05) is 19.7 Å². The first-order valence-electron chi connectivity index (χ1n) is 5.44. The van der Waals surface area contributed by atoms with Crippen molar-refractivity contribution in [1.82, 2.24) is 9.88 Å². The highest BCUT2D eigenvalue weighted by Gasteiger charge is 2.23. The second kappa shape index (κ2) is 5.01. The molecule has 0 saturated carbocycles. The van der Waals surface area contributed by atoms with E-state index in [-0.39, 0.29) is 12.5 Å². The van der Waals surface area contributed by atoms with Crippen LogP contribution in [0.15, 0.2) is 16.7 Å². The number of rotatable bonds is 2. The average molecular weight is 287 g/mol. The van der Waals surface area contributed by atoms with Gasteiger partial charge in [-0.25, -0.2) is 0 Å². The number of carbonyl (C=O) groups is 1. The van der Waals surface area contributed by atoms with Gasteiger partial charge in [0.1, 0.15) is 5.69 Å². The minimum atomic E-state index is 0.0436. The molecule has 1 aliphatic rings. The zero-order valence-electron chi connectivity index (χ0n) is 8.95. The first kappa shape index (κ1) is 11.7. The Bertz CT molecular complexity index is 370. The SMILES string of the molecule is O=C(c1cc(Br)c[nH]1)N1CCC(CO)CC1. The van der Waals surface area contributed by atoms with Gasteiger partial charge in [-0.2, -0.15) is 0 Å². The van der Waals surface area contributed by atoms with Gasteiger partial charge in [0.15, 0.2) is 0 Å². The smallest absolute Gasteiger partial charge is 0.270 e. The van der Waals surface area contributed by atoms with E-state index < -0.39 is 0 Å². The molecular weight excluding hydrogens is 272 g/mol. The predicted octanol–water partition coefficient (Wildman–Crippen LogP) is 1.62. The lowest BCUT2D eigenvalue weighted by atomic mass is 9.98. The number of halogens is 1. The molecule has 1 aromatic heterocycles. The van der Waals surface area contributed by atoms with Gasteiger partial charge in [0, 0.05) is 30.4 Å². The van der Waals surface area contributed by atoms with Crippen LogP contribution in [0.3, 0.4) is 0 Å². The highest BCUT2D eigenvalue weighted by molar-refractivity contribution is 9.10. The Balaban J connectivity index is 1.96. The number of hydrogen-bond donors (Lipinski definition) is 2. The summed E-state index contributed by atoms with van der Waals surface area (Å²) in [7, 11) is 0. The van der Waals surface area contributed by atoms with Gasteiger partial charge in [-0.15, -0.1) is 0 Å². The minimum Gasteiger partial charge on any atom is -0.396 e. The summed E-state index contributed by atoms with van der Waals surface area (Å²) in [5.74, 6) is 0.404. The van der Waals surface area contributed by atoms with E-state index in [1.54, 1.807) is 12.3 Å². The maximum absolute atomic E-state index is 12.0. The monoisotopic (exact) mass is 286 g/mol. The van der Waals surface area contributed by atoms with E-state index in [1.165, 1.54) is 0 Å². The first-order valence-corrected chi connectivity index (χ1v) is 6.24. The van der Waals surface area contributed by atoms with Crippen LogP contribution in [0.1, 0.15) is 23.3 Å². The molecular formula is C11H15BrN2O2. The van der Waals surface area contributed by atoms with E-state index in [4.69, 9.17) is 5.11 Å². The maximum Gasteiger partial charge on any atom is 0.270 e. The minimum absolute atomic E-state index is 0.0436. The number of hydrogen-bond acceptors (Lipinski definition) is 2. The number of nitrogens with zero attached hydrogens (tertiary/aromatic N) is 1. The number of nitrogens with one attached hydrogen (secondary N) is 1. The Hall–Kier alpha value is -0.810. The van der Waals surface area contributed by atoms with Crippen LogP contribution in [-0.2, 0) is 0 Å². The van der Waals surface area contributed by atoms with Crippen LogP contribution in [0.25, 0.3) is 0 Å². The van der Waals surface area contributed by atoms with Crippen molar-refractivity contribution in [1.29, 1.82) is 0 Å². The molecule has 2 rings (SSSR count). The number of aliphatic hydroxyl groups excluding tert-OH is 1. The van der Waals surface area contributed by atoms with Crippen LogP contribution in [0, 0.1) is 5.92 Å². The number of H-pyrrole nitrogens is 1. The Kier molecular flexibility index (Phi) is 3.66. The molecule has 0 unspecified atom stereocenters. The molecule has 88 valence electrons. The summed E-state index contributed by atoms with van der Waals surface area (Å²) in [6.45, 7) is 1.71. The summed E-state index contributed by atoms with van der Waals surface area (Å²) in [5, 5.41) is 9.02. The largest absolute Gasteiger partial charge is 0.396 e. The van der Waals surface area contributed by atoms with Gasteiger partial charge in [0.25, 0.3) is 5.91 Å². The number of aromatic amines is 1. The molecule has 0 radical (unpaired) electrons. The molecule has 2 heterocycles. The van der Waals surface area contributed by atoms with Gasteiger partial charge in [-0.1, -0.05) is 0 Å². The van der Waals surface area contributed by atoms with E-state index in [0.29, 0.717) is 11.6 Å². The fraction of sp³-hybridized carbons (Fsp3) is 0.545. The number of carbonyl (C=O) groups excluding carboxylic acids is 1. The first-order chi connectivity index (χ1) is 7.70. The third-order valence-corrected chi connectivity index (χ3v) is 3.50. The third-order valence-electron chi connectivity index (χ3n) is 3.04. The van der Waals surface area contributed by atoms with Gasteiger partial charge in [-0.05, 0) is 40.8 Å². The fourth-order valence-electron chi connectivity index (χ4n) is 1.98. The number of piperidine rings is 1. The quantitative estimate of drug-likeness (QED) is 0.868. The molecule has 0 atom stereocenters. The summed E-state index contributed by atoms with van der Waals surface area (Å²) in [5.41, 5.74) is 0.620. The summed E-state index contributed by atoms with van der Waals surface area (Å²) >= 11 is 3.31. The topological polar surface area (TPSA) is 56.3 Å². The van der Waals surface area contributed by atoms with Crippen molar-refractivity contribution in [3.63, 3.8) is 0 Å². The lowest BCUT2D eigenvalue weighted by molar-refractivity contribution is 0.0646. The molecule has 16 heavy (non-hydrogen) atoms. The zero-order valence-corrected chi connectivity index (χ0v) is 10.5. The lowest BCUT2D eigenvalue weighted by Crippen LogP contribution is -2.39. The molecule has 4 nitrogen and oxygen atoms in total. The Morgan fingerprint density at radius 1 is 1.56 bits per heavy atom. The predicted molar refractivity (Wildman–Crippen MR) is 64.2 cm³/mol. The summed E-state index contributed by atoms with van der Waals surface area (Å²) in [4.78, 5) is 16.8. The second-order valence-corrected chi connectivity index (χ2v) is 5.07.